The molecule has 0 bridgehead atoms. The van der Waals surface area contributed by atoms with E-state index in [0.29, 0.717) is 30.4 Å². The van der Waals surface area contributed by atoms with Crippen molar-refractivity contribution < 1.29 is 17.9 Å². The lowest BCUT2D eigenvalue weighted by molar-refractivity contribution is -0.0862. The highest BCUT2D eigenvalue weighted by Crippen LogP contribution is 2.40. The molecule has 1 N–H and O–H groups in total. The van der Waals surface area contributed by atoms with Crippen molar-refractivity contribution in [3.8, 4) is 0 Å². The first kappa shape index (κ1) is 24.6. The van der Waals surface area contributed by atoms with Crippen LogP contribution in [-0.4, -0.2) is 66.5 Å². The first-order valence-electron chi connectivity index (χ1n) is 13.4. The molecular formula is C29H33F3N4O. The summed E-state index contributed by atoms with van der Waals surface area (Å²) in [7, 11) is 0. The molecule has 1 unspecified atom stereocenters. The van der Waals surface area contributed by atoms with Crippen LogP contribution in [0, 0.1) is 0 Å². The lowest BCUT2D eigenvalue weighted by Crippen LogP contribution is -2.51. The van der Waals surface area contributed by atoms with E-state index < -0.39 is 17.8 Å². The summed E-state index contributed by atoms with van der Waals surface area (Å²) in [5, 5.41) is 1.11. The van der Waals surface area contributed by atoms with E-state index in [4.69, 9.17) is 4.74 Å². The van der Waals surface area contributed by atoms with Crippen molar-refractivity contribution in [2.75, 3.05) is 26.3 Å². The van der Waals surface area contributed by atoms with Crippen molar-refractivity contribution >= 4 is 28.5 Å². The summed E-state index contributed by atoms with van der Waals surface area (Å²) in [5.74, 6) is 0.642. The Bertz CT molecular complexity index is 1300. The van der Waals surface area contributed by atoms with E-state index in [0.717, 1.165) is 61.3 Å². The predicted octanol–water partition coefficient (Wildman–Crippen LogP) is 6.39. The zero-order valence-electron chi connectivity index (χ0n) is 21.3. The fourth-order valence-electron chi connectivity index (χ4n) is 6.22. The number of ether oxygens (including phenoxy) is 1. The second-order valence-electron chi connectivity index (χ2n) is 11.0. The summed E-state index contributed by atoms with van der Waals surface area (Å²) < 4.78 is 47.8. The van der Waals surface area contributed by atoms with E-state index in [1.54, 1.807) is 0 Å². The number of H-pyrrole nitrogens is 1. The number of aromatic nitrogens is 1. The molecule has 4 aliphatic rings. The number of fused-ring (bicyclic) bond motifs is 2. The molecule has 0 radical (unpaired) electrons. The molecule has 196 valence electrons. The maximum absolute atomic E-state index is 14.2. The van der Waals surface area contributed by atoms with E-state index >= 15 is 0 Å². The van der Waals surface area contributed by atoms with Crippen LogP contribution in [0.5, 0.6) is 0 Å². The van der Waals surface area contributed by atoms with Gasteiger partial charge in [0.15, 0.2) is 0 Å². The minimum absolute atomic E-state index is 0.0300. The number of likely N-dealkylation sites (tertiary alicyclic amines) is 1. The summed E-state index contributed by atoms with van der Waals surface area (Å²) in [6, 6.07) is 6.63. The number of aromatic amines is 1. The molecule has 4 heterocycles. The molecule has 2 fully saturated rings. The maximum atomic E-state index is 14.2. The van der Waals surface area contributed by atoms with Gasteiger partial charge in [-0.25, -0.2) is 4.99 Å². The Kier molecular flexibility index (Phi) is 6.35. The summed E-state index contributed by atoms with van der Waals surface area (Å²) in [6.45, 7) is 8.09. The Morgan fingerprint density at radius 1 is 1.11 bits per heavy atom. The van der Waals surface area contributed by atoms with Gasteiger partial charge in [0.05, 0.1) is 36.6 Å². The molecule has 1 atom stereocenters. The fourth-order valence-corrected chi connectivity index (χ4v) is 6.22. The highest BCUT2D eigenvalue weighted by Gasteiger charge is 2.41. The third kappa shape index (κ3) is 4.59. The molecule has 0 spiro atoms. The average molecular weight is 511 g/mol. The number of piperidine rings is 1. The van der Waals surface area contributed by atoms with Gasteiger partial charge in [-0.05, 0) is 85.5 Å². The highest BCUT2D eigenvalue weighted by atomic mass is 19.4. The summed E-state index contributed by atoms with van der Waals surface area (Å²) in [4.78, 5) is 14.2. The molecule has 6 rings (SSSR count). The van der Waals surface area contributed by atoms with Gasteiger partial charge in [0.2, 0.25) is 0 Å². The van der Waals surface area contributed by atoms with Crippen LogP contribution >= 0.6 is 0 Å². The monoisotopic (exact) mass is 510 g/mol. The van der Waals surface area contributed by atoms with Crippen LogP contribution in [0.25, 0.3) is 16.5 Å². The maximum Gasteiger partial charge on any atom is 0.418 e. The molecule has 2 saturated heterocycles. The average Bonchev–Trinajstić information content (AvgIpc) is 3.41. The molecule has 8 heteroatoms. The van der Waals surface area contributed by atoms with Crippen LogP contribution in [0.3, 0.4) is 0 Å². The Hall–Kier alpha value is -2.71. The van der Waals surface area contributed by atoms with E-state index in [-0.39, 0.29) is 11.6 Å². The van der Waals surface area contributed by atoms with Crippen molar-refractivity contribution in [2.24, 2.45) is 9.98 Å². The second-order valence-corrected chi connectivity index (χ2v) is 11.0. The van der Waals surface area contributed by atoms with Gasteiger partial charge in [0.1, 0.15) is 6.34 Å². The first-order valence-corrected chi connectivity index (χ1v) is 13.4. The molecule has 0 amide bonds. The molecule has 3 aliphatic heterocycles. The molecule has 37 heavy (non-hydrogen) atoms. The Morgan fingerprint density at radius 2 is 1.89 bits per heavy atom. The van der Waals surface area contributed by atoms with Crippen molar-refractivity contribution in [3.63, 3.8) is 0 Å². The summed E-state index contributed by atoms with van der Waals surface area (Å²) in [6.07, 6.45) is 3.35. The van der Waals surface area contributed by atoms with Crippen LogP contribution in [0.15, 0.2) is 45.9 Å². The van der Waals surface area contributed by atoms with Gasteiger partial charge in [0.25, 0.3) is 0 Å². The van der Waals surface area contributed by atoms with Gasteiger partial charge < -0.3 is 9.72 Å². The number of hydrogen-bond donors (Lipinski definition) is 1. The molecule has 5 nitrogen and oxygen atoms in total. The molecule has 1 aromatic carbocycles. The number of halogens is 3. The molecule has 1 aromatic heterocycles. The van der Waals surface area contributed by atoms with Gasteiger partial charge >= 0.3 is 6.18 Å². The van der Waals surface area contributed by atoms with E-state index in [2.05, 4.69) is 51.9 Å². The van der Waals surface area contributed by atoms with Gasteiger partial charge in [0, 0.05) is 16.6 Å². The van der Waals surface area contributed by atoms with Crippen molar-refractivity contribution in [3.05, 3.63) is 52.7 Å². The number of nitrogens with zero attached hydrogens (tertiary/aromatic N) is 3. The van der Waals surface area contributed by atoms with Gasteiger partial charge in [-0.1, -0.05) is 26.0 Å². The highest BCUT2D eigenvalue weighted by molar-refractivity contribution is 6.12. The minimum atomic E-state index is -4.50. The quantitative estimate of drug-likeness (QED) is 0.519. The second kappa shape index (κ2) is 9.55. The number of allylic oxidation sites excluding steroid dienone is 3. The van der Waals surface area contributed by atoms with Crippen LogP contribution in [-0.2, 0) is 4.74 Å². The summed E-state index contributed by atoms with van der Waals surface area (Å²) >= 11 is 0. The van der Waals surface area contributed by atoms with Crippen molar-refractivity contribution in [1.29, 1.82) is 0 Å². The zero-order chi connectivity index (χ0) is 25.7. The van der Waals surface area contributed by atoms with E-state index in [1.807, 2.05) is 6.08 Å². The van der Waals surface area contributed by atoms with Crippen LogP contribution in [0.1, 0.15) is 68.2 Å². The number of benzene rings is 1. The minimum Gasteiger partial charge on any atom is -0.378 e. The number of nitrogens with one attached hydrogen (secondary N) is 1. The number of rotatable bonds is 4. The predicted molar refractivity (Wildman–Crippen MR) is 142 cm³/mol. The normalized spacial score (nSPS) is 23.9. The first-order chi connectivity index (χ1) is 17.8. The molecule has 1 aliphatic carbocycles. The zero-order valence-corrected chi connectivity index (χ0v) is 21.3. The third-order valence-electron chi connectivity index (χ3n) is 8.31. The molecule has 0 saturated carbocycles. The number of hydrogen-bond acceptors (Lipinski definition) is 4. The lowest BCUT2D eigenvalue weighted by atomic mass is 9.86. The van der Waals surface area contributed by atoms with Crippen LogP contribution in [0.4, 0.5) is 13.2 Å². The van der Waals surface area contributed by atoms with Gasteiger partial charge in [-0.3, -0.25) is 9.89 Å². The van der Waals surface area contributed by atoms with Crippen LogP contribution < -0.4 is 0 Å². The molecule has 2 aromatic rings. The van der Waals surface area contributed by atoms with Gasteiger partial charge in [-0.15, -0.1) is 0 Å². The van der Waals surface area contributed by atoms with Gasteiger partial charge in [-0.2, -0.15) is 13.2 Å². The summed E-state index contributed by atoms with van der Waals surface area (Å²) in [5.41, 5.74) is 4.06. The van der Waals surface area contributed by atoms with Crippen LogP contribution in [0.2, 0.25) is 0 Å². The lowest BCUT2D eigenvalue weighted by Gasteiger charge is -2.41. The number of alkyl halides is 3. The SMILES string of the molecule is CC(C)c1c(C2=CCCC3N=CN=C3C(C(F)(F)F)=C2)[nH]c2ccc(C3CCN(C4COC4)CC3)cc12. The largest absolute Gasteiger partial charge is 0.418 e. The fraction of sp³-hybridized carbons (Fsp3) is 0.517. The van der Waals surface area contributed by atoms with Crippen molar-refractivity contribution in [1.82, 2.24) is 9.88 Å². The smallest absolute Gasteiger partial charge is 0.378 e. The van der Waals surface area contributed by atoms with Crippen molar-refractivity contribution in [2.45, 2.75) is 69.6 Å². The third-order valence-corrected chi connectivity index (χ3v) is 8.31. The topological polar surface area (TPSA) is 53.0 Å². The number of aliphatic imine (C=N–C) groups is 2. The van der Waals surface area contributed by atoms with E-state index in [9.17, 15) is 13.2 Å². The molecular weight excluding hydrogens is 477 g/mol. The Labute approximate surface area is 215 Å². The Balaban J connectivity index is 1.36. The standard InChI is InChI=1S/C29H33F3N4O/c1-17(2)26-22-12-19(18-8-10-36(11-9-18)21-14-37-15-21)6-7-24(22)35-27(26)20-4-3-5-25-28(34-16-33-25)23(13-20)29(30,31)32/h4,6-7,12-13,16-18,21,25,35H,3,5,8-11,14-15H2,1-2H3. The van der Waals surface area contributed by atoms with E-state index in [1.165, 1.54) is 18.0 Å². The Morgan fingerprint density at radius 3 is 2.57 bits per heavy atom.